The van der Waals surface area contributed by atoms with Crippen molar-refractivity contribution >= 4 is 5.91 Å². The molecule has 4 heteroatoms. The topological polar surface area (TPSA) is 32.8 Å². The molecule has 2 saturated carbocycles. The van der Waals surface area contributed by atoms with E-state index in [0.29, 0.717) is 17.6 Å². The van der Waals surface area contributed by atoms with Gasteiger partial charge in [-0.15, -0.1) is 0 Å². The van der Waals surface area contributed by atoms with E-state index in [1.54, 1.807) is 6.92 Å². The number of hydrogen-bond acceptors (Lipinski definition) is 3. The number of ether oxygens (including phenoxy) is 1. The molecule has 0 N–H and O–H groups in total. The molecule has 4 nitrogen and oxygen atoms in total. The van der Waals surface area contributed by atoms with E-state index in [1.807, 2.05) is 4.90 Å². The summed E-state index contributed by atoms with van der Waals surface area (Å²) in [5.41, 5.74) is 0.449. The number of nitrogens with zero attached hydrogens (tertiary/aromatic N) is 2. The zero-order chi connectivity index (χ0) is 16.4. The third-order valence-electron chi connectivity index (χ3n) is 6.78. The third kappa shape index (κ3) is 3.30. The Hall–Kier alpha value is -0.610. The SMILES string of the molecule is CCOC1CC(N(C)CC2CCN(C(C)=O)CC2)C12CCCC2. The van der Waals surface area contributed by atoms with Crippen LogP contribution >= 0.6 is 0 Å². The highest BCUT2D eigenvalue weighted by molar-refractivity contribution is 5.73. The molecular formula is C19H34N2O2. The number of hydrogen-bond donors (Lipinski definition) is 0. The molecule has 1 aliphatic heterocycles. The van der Waals surface area contributed by atoms with E-state index in [2.05, 4.69) is 18.9 Å². The number of amides is 1. The van der Waals surface area contributed by atoms with Crippen molar-refractivity contribution in [1.29, 1.82) is 0 Å². The lowest BCUT2D eigenvalue weighted by molar-refractivity contribution is -0.162. The lowest BCUT2D eigenvalue weighted by Crippen LogP contribution is -2.63. The van der Waals surface area contributed by atoms with Crippen LogP contribution in [-0.2, 0) is 9.53 Å². The van der Waals surface area contributed by atoms with Crippen LogP contribution in [0.5, 0.6) is 0 Å². The maximum Gasteiger partial charge on any atom is 0.219 e. The highest BCUT2D eigenvalue weighted by atomic mass is 16.5. The van der Waals surface area contributed by atoms with E-state index in [-0.39, 0.29) is 5.91 Å². The number of likely N-dealkylation sites (tertiary alicyclic amines) is 1. The van der Waals surface area contributed by atoms with Crippen LogP contribution < -0.4 is 0 Å². The minimum absolute atomic E-state index is 0.236. The van der Waals surface area contributed by atoms with Gasteiger partial charge in [0.15, 0.2) is 0 Å². The largest absolute Gasteiger partial charge is 0.378 e. The van der Waals surface area contributed by atoms with E-state index in [0.717, 1.165) is 25.6 Å². The molecule has 3 fully saturated rings. The van der Waals surface area contributed by atoms with Gasteiger partial charge in [-0.05, 0) is 52.0 Å². The molecule has 0 aromatic heterocycles. The average Bonchev–Trinajstić information content (AvgIpc) is 3.04. The van der Waals surface area contributed by atoms with Gasteiger partial charge in [0.1, 0.15) is 0 Å². The first-order chi connectivity index (χ1) is 11.1. The van der Waals surface area contributed by atoms with E-state index >= 15 is 0 Å². The Labute approximate surface area is 141 Å². The van der Waals surface area contributed by atoms with Gasteiger partial charge in [-0.1, -0.05) is 12.8 Å². The minimum Gasteiger partial charge on any atom is -0.378 e. The summed E-state index contributed by atoms with van der Waals surface area (Å²) in [6.45, 7) is 7.76. The molecule has 0 aromatic rings. The molecule has 2 unspecified atom stereocenters. The van der Waals surface area contributed by atoms with Crippen molar-refractivity contribution in [2.45, 2.75) is 70.9 Å². The standard InChI is InChI=1S/C19H34N2O2/c1-4-23-18-13-17(19(18)9-5-6-10-19)20(3)14-16-7-11-21(12-8-16)15(2)22/h16-18H,4-14H2,1-3H3. The van der Waals surface area contributed by atoms with Crippen LogP contribution in [0.4, 0.5) is 0 Å². The zero-order valence-electron chi connectivity index (χ0n) is 15.2. The van der Waals surface area contributed by atoms with E-state index < -0.39 is 0 Å². The van der Waals surface area contributed by atoms with Gasteiger partial charge >= 0.3 is 0 Å². The van der Waals surface area contributed by atoms with Crippen LogP contribution in [0.2, 0.25) is 0 Å². The second kappa shape index (κ2) is 7.10. The van der Waals surface area contributed by atoms with E-state index in [4.69, 9.17) is 4.74 Å². The molecule has 132 valence electrons. The molecule has 0 aromatic carbocycles. The Morgan fingerprint density at radius 3 is 2.48 bits per heavy atom. The number of carbonyl (C=O) groups is 1. The fourth-order valence-electron chi connectivity index (χ4n) is 5.43. The highest BCUT2D eigenvalue weighted by Crippen LogP contribution is 2.56. The summed E-state index contributed by atoms with van der Waals surface area (Å²) in [4.78, 5) is 16.1. The van der Waals surface area contributed by atoms with Gasteiger partial charge in [0.25, 0.3) is 0 Å². The van der Waals surface area contributed by atoms with Crippen LogP contribution in [0.15, 0.2) is 0 Å². The molecule has 3 rings (SSSR count). The summed E-state index contributed by atoms with van der Waals surface area (Å²) < 4.78 is 6.06. The molecule has 1 amide bonds. The van der Waals surface area contributed by atoms with Crippen molar-refractivity contribution in [3.05, 3.63) is 0 Å². The number of carbonyl (C=O) groups excluding carboxylic acids is 1. The van der Waals surface area contributed by atoms with Gasteiger partial charge in [-0.2, -0.15) is 0 Å². The molecule has 3 aliphatic rings. The third-order valence-corrected chi connectivity index (χ3v) is 6.78. The van der Waals surface area contributed by atoms with Crippen molar-refractivity contribution in [3.63, 3.8) is 0 Å². The van der Waals surface area contributed by atoms with Crippen molar-refractivity contribution in [2.24, 2.45) is 11.3 Å². The molecule has 2 atom stereocenters. The lowest BCUT2D eigenvalue weighted by atomic mass is 9.60. The minimum atomic E-state index is 0.236. The normalized spacial score (nSPS) is 30.9. The van der Waals surface area contributed by atoms with Crippen LogP contribution in [0.3, 0.4) is 0 Å². The molecule has 0 bridgehead atoms. The number of piperidine rings is 1. The molecule has 1 saturated heterocycles. The summed E-state index contributed by atoms with van der Waals surface area (Å²) in [6, 6.07) is 0.715. The van der Waals surface area contributed by atoms with E-state index in [9.17, 15) is 4.79 Å². The van der Waals surface area contributed by atoms with Crippen LogP contribution in [-0.4, -0.2) is 61.1 Å². The Kier molecular flexibility index (Phi) is 5.32. The molecule has 2 aliphatic carbocycles. The maximum absolute atomic E-state index is 11.5. The van der Waals surface area contributed by atoms with Gasteiger partial charge in [0, 0.05) is 44.6 Å². The van der Waals surface area contributed by atoms with Gasteiger partial charge < -0.3 is 14.5 Å². The van der Waals surface area contributed by atoms with Gasteiger partial charge in [0.05, 0.1) is 6.10 Å². The highest BCUT2D eigenvalue weighted by Gasteiger charge is 2.57. The first-order valence-corrected chi connectivity index (χ1v) is 9.64. The molecule has 1 heterocycles. The maximum atomic E-state index is 11.5. The van der Waals surface area contributed by atoms with Crippen molar-refractivity contribution in [3.8, 4) is 0 Å². The van der Waals surface area contributed by atoms with Crippen molar-refractivity contribution in [1.82, 2.24) is 9.80 Å². The monoisotopic (exact) mass is 322 g/mol. The molecule has 23 heavy (non-hydrogen) atoms. The summed E-state index contributed by atoms with van der Waals surface area (Å²) in [6.07, 6.45) is 9.52. The van der Waals surface area contributed by atoms with Gasteiger partial charge in [0.2, 0.25) is 5.91 Å². The fourth-order valence-corrected chi connectivity index (χ4v) is 5.43. The summed E-state index contributed by atoms with van der Waals surface area (Å²) in [7, 11) is 2.32. The average molecular weight is 322 g/mol. The zero-order valence-corrected chi connectivity index (χ0v) is 15.2. The first-order valence-electron chi connectivity index (χ1n) is 9.64. The smallest absolute Gasteiger partial charge is 0.219 e. The van der Waals surface area contributed by atoms with Crippen LogP contribution in [0.25, 0.3) is 0 Å². The second-order valence-corrected chi connectivity index (χ2v) is 8.02. The van der Waals surface area contributed by atoms with Crippen LogP contribution in [0.1, 0.15) is 58.8 Å². The molecular weight excluding hydrogens is 288 g/mol. The summed E-state index contributed by atoms with van der Waals surface area (Å²) in [5.74, 6) is 0.987. The predicted octanol–water partition coefficient (Wildman–Crippen LogP) is 2.91. The Balaban J connectivity index is 1.53. The number of rotatable bonds is 5. The predicted molar refractivity (Wildman–Crippen MR) is 92.3 cm³/mol. The van der Waals surface area contributed by atoms with Crippen molar-refractivity contribution < 1.29 is 9.53 Å². The Morgan fingerprint density at radius 2 is 1.91 bits per heavy atom. The summed E-state index contributed by atoms with van der Waals surface area (Å²) in [5, 5.41) is 0. The molecule has 1 spiro atoms. The second-order valence-electron chi connectivity index (χ2n) is 8.02. The fraction of sp³-hybridized carbons (Fsp3) is 0.947. The summed E-state index contributed by atoms with van der Waals surface area (Å²) >= 11 is 0. The van der Waals surface area contributed by atoms with Crippen molar-refractivity contribution in [2.75, 3.05) is 33.3 Å². The lowest BCUT2D eigenvalue weighted by Gasteiger charge is -2.57. The molecule has 0 radical (unpaired) electrons. The van der Waals surface area contributed by atoms with Gasteiger partial charge in [-0.25, -0.2) is 0 Å². The van der Waals surface area contributed by atoms with Crippen LogP contribution in [0, 0.1) is 11.3 Å². The van der Waals surface area contributed by atoms with Gasteiger partial charge in [-0.3, -0.25) is 4.79 Å². The van der Waals surface area contributed by atoms with E-state index in [1.165, 1.54) is 51.5 Å². The first kappa shape index (κ1) is 17.2. The Morgan fingerprint density at radius 1 is 1.26 bits per heavy atom. The quantitative estimate of drug-likeness (QED) is 0.780. The Bertz CT molecular complexity index is 412.